The molecule has 3 aromatic carbocycles. The van der Waals surface area contributed by atoms with Crippen LogP contribution < -0.4 is 5.32 Å². The van der Waals surface area contributed by atoms with E-state index in [0.29, 0.717) is 16.3 Å². The lowest BCUT2D eigenvalue weighted by Gasteiger charge is -2.13. The van der Waals surface area contributed by atoms with Crippen molar-refractivity contribution < 1.29 is 14.7 Å². The second kappa shape index (κ2) is 7.69. The molecule has 2 N–H and O–H groups in total. The average molecular weight is 419 g/mol. The summed E-state index contributed by atoms with van der Waals surface area (Å²) in [7, 11) is 1.81. The quantitative estimate of drug-likeness (QED) is 0.442. The zero-order valence-electron chi connectivity index (χ0n) is 16.4. The Balaban J connectivity index is 1.73. The van der Waals surface area contributed by atoms with Gasteiger partial charge in [0.05, 0.1) is 11.3 Å². The summed E-state index contributed by atoms with van der Waals surface area (Å²) in [5, 5.41) is 13.5. The van der Waals surface area contributed by atoms with Crippen LogP contribution >= 0.6 is 11.6 Å². The van der Waals surface area contributed by atoms with Crippen LogP contribution in [-0.2, 0) is 7.05 Å². The van der Waals surface area contributed by atoms with Crippen LogP contribution in [0.3, 0.4) is 0 Å². The van der Waals surface area contributed by atoms with Crippen LogP contribution in [0, 0.1) is 6.92 Å². The van der Waals surface area contributed by atoms with Crippen molar-refractivity contribution in [3.63, 3.8) is 0 Å². The Labute approximate surface area is 178 Å². The fourth-order valence-electron chi connectivity index (χ4n) is 3.63. The van der Waals surface area contributed by atoms with E-state index in [0.717, 1.165) is 22.0 Å². The molecule has 1 amide bonds. The molecule has 4 aromatic rings. The summed E-state index contributed by atoms with van der Waals surface area (Å²) in [6.07, 6.45) is 0. The number of amides is 1. The molecule has 5 nitrogen and oxygen atoms in total. The number of nitrogens with zero attached hydrogens (tertiary/aromatic N) is 1. The van der Waals surface area contributed by atoms with Crippen LogP contribution in [0.5, 0.6) is 0 Å². The molecule has 4 rings (SSSR count). The zero-order valence-corrected chi connectivity index (χ0v) is 17.2. The number of aryl methyl sites for hydroxylation is 2. The third kappa shape index (κ3) is 3.55. The van der Waals surface area contributed by atoms with E-state index in [2.05, 4.69) is 5.32 Å². The molecule has 0 aliphatic rings. The van der Waals surface area contributed by atoms with Gasteiger partial charge in [-0.2, -0.15) is 0 Å². The number of hydrogen-bond donors (Lipinski definition) is 2. The Hall–Kier alpha value is -3.57. The molecule has 0 radical (unpaired) electrons. The molecule has 0 unspecified atom stereocenters. The van der Waals surface area contributed by atoms with Crippen molar-refractivity contribution in [3.05, 3.63) is 88.6 Å². The second-order valence-electron chi connectivity index (χ2n) is 7.13. The van der Waals surface area contributed by atoms with Crippen molar-refractivity contribution in [2.24, 2.45) is 7.05 Å². The van der Waals surface area contributed by atoms with Gasteiger partial charge in [0.15, 0.2) is 0 Å². The lowest BCUT2D eigenvalue weighted by atomic mass is 10.0. The summed E-state index contributed by atoms with van der Waals surface area (Å²) in [4.78, 5) is 24.6. The number of carboxylic acid groups (broad SMARTS) is 1. The van der Waals surface area contributed by atoms with E-state index in [4.69, 9.17) is 11.6 Å². The second-order valence-corrected chi connectivity index (χ2v) is 7.57. The molecule has 0 saturated heterocycles. The van der Waals surface area contributed by atoms with Gasteiger partial charge in [0.25, 0.3) is 5.91 Å². The normalized spacial score (nSPS) is 10.9. The Morgan fingerprint density at radius 2 is 1.70 bits per heavy atom. The molecule has 1 heterocycles. The highest BCUT2D eigenvalue weighted by atomic mass is 35.5. The van der Waals surface area contributed by atoms with E-state index >= 15 is 0 Å². The van der Waals surface area contributed by atoms with Crippen LogP contribution in [0.4, 0.5) is 5.69 Å². The highest BCUT2D eigenvalue weighted by Gasteiger charge is 2.19. The van der Waals surface area contributed by atoms with Crippen molar-refractivity contribution >= 4 is 40.1 Å². The van der Waals surface area contributed by atoms with Gasteiger partial charge in [-0.3, -0.25) is 4.79 Å². The van der Waals surface area contributed by atoms with Crippen molar-refractivity contribution in [2.75, 3.05) is 5.32 Å². The molecule has 30 heavy (non-hydrogen) atoms. The maximum atomic E-state index is 13.0. The summed E-state index contributed by atoms with van der Waals surface area (Å²) >= 11 is 5.98. The lowest BCUT2D eigenvalue weighted by Crippen LogP contribution is -2.18. The first-order valence-corrected chi connectivity index (χ1v) is 9.72. The van der Waals surface area contributed by atoms with Crippen LogP contribution in [0.1, 0.15) is 26.4 Å². The van der Waals surface area contributed by atoms with E-state index in [1.165, 1.54) is 6.07 Å². The van der Waals surface area contributed by atoms with E-state index in [1.807, 2.05) is 61.6 Å². The summed E-state index contributed by atoms with van der Waals surface area (Å²) in [5.41, 5.74) is 4.27. The molecule has 150 valence electrons. The standard InChI is InChI=1S/C24H19ClN2O3/c1-14-10-18(25)13-19(24(29)30)22(14)26-23(28)21-12-17-11-16(8-9-20(17)27(21)2)15-6-4-3-5-7-15/h3-13H,1-2H3,(H,26,28)(H,29,30). The molecular weight excluding hydrogens is 400 g/mol. The Morgan fingerprint density at radius 1 is 0.967 bits per heavy atom. The van der Waals surface area contributed by atoms with Crippen molar-refractivity contribution in [1.29, 1.82) is 0 Å². The van der Waals surface area contributed by atoms with Gasteiger partial charge in [-0.25, -0.2) is 4.79 Å². The molecule has 0 aliphatic carbocycles. The maximum Gasteiger partial charge on any atom is 0.337 e. The monoisotopic (exact) mass is 418 g/mol. The van der Waals surface area contributed by atoms with Crippen molar-refractivity contribution in [1.82, 2.24) is 4.57 Å². The Kier molecular flexibility index (Phi) is 5.06. The number of nitrogens with one attached hydrogen (secondary N) is 1. The highest BCUT2D eigenvalue weighted by Crippen LogP contribution is 2.29. The van der Waals surface area contributed by atoms with E-state index in [9.17, 15) is 14.7 Å². The molecule has 0 atom stereocenters. The number of hydrogen-bond acceptors (Lipinski definition) is 2. The molecule has 6 heteroatoms. The van der Waals surface area contributed by atoms with Gasteiger partial charge in [-0.15, -0.1) is 0 Å². The van der Waals surface area contributed by atoms with Gasteiger partial charge in [0.2, 0.25) is 0 Å². The minimum atomic E-state index is -1.15. The molecule has 0 saturated carbocycles. The number of carbonyl (C=O) groups excluding carboxylic acids is 1. The first kappa shape index (κ1) is 19.7. The number of carbonyl (C=O) groups is 2. The SMILES string of the molecule is Cc1cc(Cl)cc(C(=O)O)c1NC(=O)c1cc2cc(-c3ccccc3)ccc2n1C. The van der Waals surface area contributed by atoms with Crippen LogP contribution in [0.2, 0.25) is 5.02 Å². The van der Waals surface area contributed by atoms with E-state index < -0.39 is 5.97 Å². The fourth-order valence-corrected chi connectivity index (χ4v) is 3.91. The molecular formula is C24H19ClN2O3. The number of fused-ring (bicyclic) bond motifs is 1. The predicted octanol–water partition coefficient (Wildman–Crippen LogP) is 5.76. The summed E-state index contributed by atoms with van der Waals surface area (Å²) in [6.45, 7) is 1.71. The number of halogens is 1. The molecule has 0 aliphatic heterocycles. The fraction of sp³-hybridized carbons (Fsp3) is 0.0833. The lowest BCUT2D eigenvalue weighted by molar-refractivity contribution is 0.0698. The Morgan fingerprint density at radius 3 is 2.40 bits per heavy atom. The molecule has 0 bridgehead atoms. The molecule has 0 fully saturated rings. The third-order valence-corrected chi connectivity index (χ3v) is 5.37. The number of rotatable bonds is 4. The zero-order chi connectivity index (χ0) is 21.4. The minimum absolute atomic E-state index is 0.0431. The third-order valence-electron chi connectivity index (χ3n) is 5.15. The molecule has 1 aromatic heterocycles. The van der Waals surface area contributed by atoms with Gasteiger partial charge in [0.1, 0.15) is 5.69 Å². The topological polar surface area (TPSA) is 71.3 Å². The number of benzene rings is 3. The number of anilines is 1. The number of aromatic nitrogens is 1. The van der Waals surface area contributed by atoms with Gasteiger partial charge in [-0.1, -0.05) is 48.0 Å². The van der Waals surface area contributed by atoms with Crippen molar-refractivity contribution in [3.8, 4) is 11.1 Å². The molecule has 0 spiro atoms. The number of carboxylic acids is 1. The summed E-state index contributed by atoms with van der Waals surface area (Å²) < 4.78 is 1.80. The van der Waals surface area contributed by atoms with E-state index in [1.54, 1.807) is 17.6 Å². The largest absolute Gasteiger partial charge is 0.478 e. The highest BCUT2D eigenvalue weighted by molar-refractivity contribution is 6.31. The Bertz CT molecular complexity index is 1290. The van der Waals surface area contributed by atoms with Gasteiger partial charge in [-0.05, 0) is 53.9 Å². The van der Waals surface area contributed by atoms with E-state index in [-0.39, 0.29) is 17.2 Å². The predicted molar refractivity (Wildman–Crippen MR) is 119 cm³/mol. The minimum Gasteiger partial charge on any atom is -0.478 e. The van der Waals surface area contributed by atoms with Crippen LogP contribution in [0.15, 0.2) is 66.7 Å². The van der Waals surface area contributed by atoms with Crippen LogP contribution in [-0.4, -0.2) is 21.6 Å². The summed E-state index contributed by atoms with van der Waals surface area (Å²) in [6, 6.07) is 20.8. The average Bonchev–Trinajstić information content (AvgIpc) is 3.06. The van der Waals surface area contributed by atoms with Gasteiger partial charge >= 0.3 is 5.97 Å². The van der Waals surface area contributed by atoms with Crippen molar-refractivity contribution in [2.45, 2.75) is 6.92 Å². The first-order chi connectivity index (χ1) is 14.3. The van der Waals surface area contributed by atoms with Crippen LogP contribution in [0.25, 0.3) is 22.0 Å². The first-order valence-electron chi connectivity index (χ1n) is 9.35. The number of aromatic carboxylic acids is 1. The van der Waals surface area contributed by atoms with Gasteiger partial charge in [0, 0.05) is 23.0 Å². The summed E-state index contributed by atoms with van der Waals surface area (Å²) in [5.74, 6) is -1.54. The smallest absolute Gasteiger partial charge is 0.337 e. The van der Waals surface area contributed by atoms with Gasteiger partial charge < -0.3 is 15.0 Å². The maximum absolute atomic E-state index is 13.0.